The normalized spacial score (nSPS) is 14.6. The van der Waals surface area contributed by atoms with E-state index in [1.54, 1.807) is 22.8 Å². The number of carbonyl (C=O) groups is 1. The Hall–Kier alpha value is -2.73. The molecule has 0 bridgehead atoms. The average molecular weight is 401 g/mol. The molecule has 0 unspecified atom stereocenters. The van der Waals surface area contributed by atoms with Gasteiger partial charge in [-0.15, -0.1) is 0 Å². The molecule has 1 aromatic heterocycles. The minimum Gasteiger partial charge on any atom is -0.493 e. The number of fused-ring (bicyclic) bond motifs is 2. The summed E-state index contributed by atoms with van der Waals surface area (Å²) in [6.07, 6.45) is 4.63. The fourth-order valence-corrected chi connectivity index (χ4v) is 4.33. The summed E-state index contributed by atoms with van der Waals surface area (Å²) in [5, 5.41) is 14.2. The topological polar surface area (TPSA) is 80.6 Å². The molecule has 0 saturated heterocycles. The third-order valence-electron chi connectivity index (χ3n) is 5.35. The molecule has 7 heteroatoms. The molecule has 0 radical (unpaired) electrons. The largest absolute Gasteiger partial charge is 0.493 e. The van der Waals surface area contributed by atoms with E-state index in [2.05, 4.69) is 5.32 Å². The molecule has 0 aliphatic heterocycles. The molecule has 1 aliphatic rings. The number of ether oxygens (including phenoxy) is 1. The third-order valence-corrected chi connectivity index (χ3v) is 5.65. The standard InChI is InChI=1S/C21H21ClN2O4/c1-28-21-16(22)9-8-15-19(21)24(11-18(25)26)17-10-13(6-7-14(17)20(15)27)23-12-4-2-3-5-12/h6-10,12,23H,2-5,11H2,1H3,(H,25,26). The molecule has 4 rings (SSSR count). The van der Waals surface area contributed by atoms with Gasteiger partial charge in [-0.3, -0.25) is 9.59 Å². The second-order valence-electron chi connectivity index (χ2n) is 7.14. The number of nitrogens with zero attached hydrogens (tertiary/aromatic N) is 1. The van der Waals surface area contributed by atoms with Crippen LogP contribution in [0.25, 0.3) is 21.8 Å². The Kier molecular flexibility index (Phi) is 4.89. The van der Waals surface area contributed by atoms with Gasteiger partial charge in [-0.1, -0.05) is 24.4 Å². The molecule has 2 aromatic carbocycles. The van der Waals surface area contributed by atoms with Crippen molar-refractivity contribution in [3.63, 3.8) is 0 Å². The van der Waals surface area contributed by atoms with Crippen LogP contribution in [0.4, 0.5) is 5.69 Å². The number of rotatable bonds is 5. The predicted molar refractivity (Wildman–Crippen MR) is 111 cm³/mol. The monoisotopic (exact) mass is 400 g/mol. The lowest BCUT2D eigenvalue weighted by Gasteiger charge is -2.19. The molecule has 1 heterocycles. The maximum atomic E-state index is 13.1. The van der Waals surface area contributed by atoms with E-state index < -0.39 is 5.97 Å². The quantitative estimate of drug-likeness (QED) is 0.625. The van der Waals surface area contributed by atoms with Gasteiger partial charge in [-0.2, -0.15) is 0 Å². The number of carboxylic acids is 1. The Morgan fingerprint density at radius 3 is 2.64 bits per heavy atom. The molecule has 1 aliphatic carbocycles. The Bertz CT molecular complexity index is 1130. The molecule has 0 atom stereocenters. The van der Waals surface area contributed by atoms with Gasteiger partial charge in [0.05, 0.1) is 28.6 Å². The van der Waals surface area contributed by atoms with Crippen molar-refractivity contribution in [2.75, 3.05) is 12.4 Å². The van der Waals surface area contributed by atoms with Crippen LogP contribution in [-0.2, 0) is 11.3 Å². The molecule has 146 valence electrons. The number of nitrogens with one attached hydrogen (secondary N) is 1. The van der Waals surface area contributed by atoms with Crippen LogP contribution in [0.1, 0.15) is 25.7 Å². The van der Waals surface area contributed by atoms with Gasteiger partial charge in [0.1, 0.15) is 6.54 Å². The number of anilines is 1. The maximum Gasteiger partial charge on any atom is 0.323 e. The van der Waals surface area contributed by atoms with Crippen LogP contribution in [0, 0.1) is 0 Å². The van der Waals surface area contributed by atoms with Crippen molar-refractivity contribution in [3.8, 4) is 5.75 Å². The SMILES string of the molecule is COc1c(Cl)ccc2c(=O)c3ccc(NC4CCCC4)cc3n(CC(=O)O)c12. The molecule has 6 nitrogen and oxygen atoms in total. The van der Waals surface area contributed by atoms with Crippen LogP contribution < -0.4 is 15.5 Å². The van der Waals surface area contributed by atoms with E-state index in [0.717, 1.165) is 18.5 Å². The van der Waals surface area contributed by atoms with E-state index >= 15 is 0 Å². The lowest BCUT2D eigenvalue weighted by Crippen LogP contribution is -2.18. The molecule has 0 spiro atoms. The summed E-state index contributed by atoms with van der Waals surface area (Å²) >= 11 is 6.26. The zero-order chi connectivity index (χ0) is 19.8. The highest BCUT2D eigenvalue weighted by Gasteiger charge is 2.20. The first kappa shape index (κ1) is 18.6. The second kappa shape index (κ2) is 7.36. The van der Waals surface area contributed by atoms with Gasteiger partial charge < -0.3 is 19.7 Å². The van der Waals surface area contributed by atoms with E-state index in [-0.39, 0.29) is 12.0 Å². The van der Waals surface area contributed by atoms with E-state index in [1.807, 2.05) is 12.1 Å². The molecule has 3 aromatic rings. The maximum absolute atomic E-state index is 13.1. The number of hydrogen-bond donors (Lipinski definition) is 2. The van der Waals surface area contributed by atoms with Gasteiger partial charge >= 0.3 is 5.97 Å². The van der Waals surface area contributed by atoms with Crippen molar-refractivity contribution in [1.29, 1.82) is 0 Å². The number of pyridine rings is 1. The fraction of sp³-hybridized carbons (Fsp3) is 0.333. The first-order valence-corrected chi connectivity index (χ1v) is 9.68. The average Bonchev–Trinajstić information content (AvgIpc) is 3.17. The number of benzene rings is 2. The Morgan fingerprint density at radius 2 is 1.96 bits per heavy atom. The highest BCUT2D eigenvalue weighted by atomic mass is 35.5. The number of halogens is 1. The number of methoxy groups -OCH3 is 1. The van der Waals surface area contributed by atoms with Crippen molar-refractivity contribution < 1.29 is 14.6 Å². The number of hydrogen-bond acceptors (Lipinski definition) is 4. The van der Waals surface area contributed by atoms with Crippen molar-refractivity contribution in [2.45, 2.75) is 38.3 Å². The molecular weight excluding hydrogens is 380 g/mol. The molecular formula is C21H21ClN2O4. The van der Waals surface area contributed by atoms with Crippen molar-refractivity contribution in [3.05, 3.63) is 45.6 Å². The molecule has 1 fully saturated rings. The van der Waals surface area contributed by atoms with Crippen LogP contribution in [0.5, 0.6) is 5.75 Å². The Morgan fingerprint density at radius 1 is 1.25 bits per heavy atom. The second-order valence-corrected chi connectivity index (χ2v) is 7.55. The minimum atomic E-state index is -1.01. The lowest BCUT2D eigenvalue weighted by atomic mass is 10.1. The van der Waals surface area contributed by atoms with Crippen molar-refractivity contribution >= 4 is 45.1 Å². The van der Waals surface area contributed by atoms with Crippen molar-refractivity contribution in [1.82, 2.24) is 4.57 Å². The van der Waals surface area contributed by atoms with Crippen LogP contribution in [0.3, 0.4) is 0 Å². The number of aromatic nitrogens is 1. The summed E-state index contributed by atoms with van der Waals surface area (Å²) < 4.78 is 7.02. The summed E-state index contributed by atoms with van der Waals surface area (Å²) in [5.41, 5.74) is 1.64. The van der Waals surface area contributed by atoms with Gasteiger partial charge in [0, 0.05) is 17.1 Å². The first-order valence-electron chi connectivity index (χ1n) is 9.30. The number of carboxylic acid groups (broad SMARTS) is 1. The van der Waals surface area contributed by atoms with Gasteiger partial charge in [-0.05, 0) is 43.2 Å². The Labute approximate surface area is 166 Å². The van der Waals surface area contributed by atoms with Gasteiger partial charge in [0.25, 0.3) is 0 Å². The van der Waals surface area contributed by atoms with Crippen LogP contribution in [-0.4, -0.2) is 28.8 Å². The predicted octanol–water partition coefficient (Wildman–Crippen LogP) is 4.26. The van der Waals surface area contributed by atoms with Crippen LogP contribution in [0.2, 0.25) is 5.02 Å². The smallest absolute Gasteiger partial charge is 0.323 e. The van der Waals surface area contributed by atoms with E-state index in [9.17, 15) is 14.7 Å². The van der Waals surface area contributed by atoms with Crippen LogP contribution >= 0.6 is 11.6 Å². The molecule has 2 N–H and O–H groups in total. The summed E-state index contributed by atoms with van der Waals surface area (Å²) in [4.78, 5) is 24.7. The Balaban J connectivity index is 2.02. The zero-order valence-corrected chi connectivity index (χ0v) is 16.3. The van der Waals surface area contributed by atoms with E-state index in [0.29, 0.717) is 38.6 Å². The fourth-order valence-electron chi connectivity index (χ4n) is 4.10. The molecule has 0 amide bonds. The molecule has 28 heavy (non-hydrogen) atoms. The molecule has 1 saturated carbocycles. The summed E-state index contributed by atoms with van der Waals surface area (Å²) in [7, 11) is 1.46. The first-order chi connectivity index (χ1) is 13.5. The van der Waals surface area contributed by atoms with E-state index in [4.69, 9.17) is 16.3 Å². The third kappa shape index (κ3) is 3.18. The van der Waals surface area contributed by atoms with E-state index in [1.165, 1.54) is 20.0 Å². The zero-order valence-electron chi connectivity index (χ0n) is 15.5. The van der Waals surface area contributed by atoms with Crippen LogP contribution in [0.15, 0.2) is 35.1 Å². The van der Waals surface area contributed by atoms with Gasteiger partial charge in [-0.25, -0.2) is 0 Å². The van der Waals surface area contributed by atoms with Gasteiger partial charge in [0.2, 0.25) is 0 Å². The highest BCUT2D eigenvalue weighted by molar-refractivity contribution is 6.33. The lowest BCUT2D eigenvalue weighted by molar-refractivity contribution is -0.137. The van der Waals surface area contributed by atoms with Crippen molar-refractivity contribution in [2.24, 2.45) is 0 Å². The summed E-state index contributed by atoms with van der Waals surface area (Å²) in [6.45, 7) is -0.309. The van der Waals surface area contributed by atoms with Gasteiger partial charge in [0.15, 0.2) is 11.2 Å². The minimum absolute atomic E-state index is 0.172. The highest BCUT2D eigenvalue weighted by Crippen LogP contribution is 2.34. The number of aliphatic carboxylic acids is 1. The summed E-state index contributed by atoms with van der Waals surface area (Å²) in [6, 6.07) is 9.10. The summed E-state index contributed by atoms with van der Waals surface area (Å²) in [5.74, 6) is -0.712.